The third-order valence-electron chi connectivity index (χ3n) is 2.18. The SMILES string of the molecule is COc1cccc2c1NCC2N. The van der Waals surface area contributed by atoms with Crippen molar-refractivity contribution < 1.29 is 4.74 Å². The summed E-state index contributed by atoms with van der Waals surface area (Å²) in [5.41, 5.74) is 8.05. The van der Waals surface area contributed by atoms with Gasteiger partial charge in [-0.05, 0) is 11.6 Å². The smallest absolute Gasteiger partial charge is 0.142 e. The molecule has 0 aliphatic carbocycles. The number of fused-ring (bicyclic) bond motifs is 1. The molecule has 1 aromatic rings. The van der Waals surface area contributed by atoms with Crippen LogP contribution < -0.4 is 15.8 Å². The highest BCUT2D eigenvalue weighted by Gasteiger charge is 2.20. The molecule has 0 saturated carbocycles. The summed E-state index contributed by atoms with van der Waals surface area (Å²) < 4.78 is 5.19. The van der Waals surface area contributed by atoms with E-state index in [1.807, 2.05) is 18.2 Å². The van der Waals surface area contributed by atoms with Gasteiger partial charge in [-0.2, -0.15) is 0 Å². The molecule has 0 amide bonds. The number of ether oxygens (including phenoxy) is 1. The molecule has 1 aliphatic rings. The molecule has 1 unspecified atom stereocenters. The predicted molar refractivity (Wildman–Crippen MR) is 48.4 cm³/mol. The molecule has 1 heterocycles. The van der Waals surface area contributed by atoms with Crippen LogP contribution in [0.3, 0.4) is 0 Å². The molecular formula is C9H12N2O. The molecule has 1 atom stereocenters. The number of rotatable bonds is 1. The van der Waals surface area contributed by atoms with Crippen LogP contribution in [0.4, 0.5) is 5.69 Å². The van der Waals surface area contributed by atoms with Gasteiger partial charge in [0, 0.05) is 12.6 Å². The second kappa shape index (κ2) is 2.68. The number of hydrogen-bond donors (Lipinski definition) is 2. The molecule has 3 N–H and O–H groups in total. The normalized spacial score (nSPS) is 20.0. The Kier molecular flexibility index (Phi) is 1.66. The van der Waals surface area contributed by atoms with Crippen LogP contribution in [0.1, 0.15) is 11.6 Å². The Morgan fingerprint density at radius 3 is 3.17 bits per heavy atom. The van der Waals surface area contributed by atoms with Crippen molar-refractivity contribution in [3.05, 3.63) is 23.8 Å². The van der Waals surface area contributed by atoms with Crippen LogP contribution in [0, 0.1) is 0 Å². The Morgan fingerprint density at radius 2 is 2.42 bits per heavy atom. The molecule has 12 heavy (non-hydrogen) atoms. The lowest BCUT2D eigenvalue weighted by molar-refractivity contribution is 0.416. The lowest BCUT2D eigenvalue weighted by Crippen LogP contribution is -2.11. The predicted octanol–water partition coefficient (Wildman–Crippen LogP) is 1.12. The van der Waals surface area contributed by atoms with E-state index in [0.717, 1.165) is 23.5 Å². The second-order valence-corrected chi connectivity index (χ2v) is 2.91. The molecule has 0 fully saturated rings. The minimum Gasteiger partial charge on any atom is -0.495 e. The summed E-state index contributed by atoms with van der Waals surface area (Å²) in [5, 5.41) is 3.22. The molecule has 64 valence electrons. The summed E-state index contributed by atoms with van der Waals surface area (Å²) in [5.74, 6) is 0.875. The summed E-state index contributed by atoms with van der Waals surface area (Å²) in [7, 11) is 1.67. The fourth-order valence-electron chi connectivity index (χ4n) is 1.54. The first-order valence-electron chi connectivity index (χ1n) is 3.99. The van der Waals surface area contributed by atoms with Gasteiger partial charge in [-0.1, -0.05) is 12.1 Å². The summed E-state index contributed by atoms with van der Waals surface area (Å²) in [6.45, 7) is 0.801. The van der Waals surface area contributed by atoms with Crippen LogP contribution >= 0.6 is 0 Å². The Labute approximate surface area is 71.5 Å². The molecule has 3 heteroatoms. The molecule has 0 spiro atoms. The molecular weight excluding hydrogens is 152 g/mol. The van der Waals surface area contributed by atoms with E-state index in [4.69, 9.17) is 10.5 Å². The summed E-state index contributed by atoms with van der Waals surface area (Å²) in [6.07, 6.45) is 0. The van der Waals surface area contributed by atoms with Crippen LogP contribution in [0.15, 0.2) is 18.2 Å². The number of anilines is 1. The molecule has 3 nitrogen and oxygen atoms in total. The Hall–Kier alpha value is -1.22. The van der Waals surface area contributed by atoms with Crippen molar-refractivity contribution in [2.45, 2.75) is 6.04 Å². The van der Waals surface area contributed by atoms with E-state index in [0.29, 0.717) is 0 Å². The van der Waals surface area contributed by atoms with Gasteiger partial charge in [-0.3, -0.25) is 0 Å². The topological polar surface area (TPSA) is 47.3 Å². The van der Waals surface area contributed by atoms with E-state index in [-0.39, 0.29) is 6.04 Å². The fourth-order valence-corrected chi connectivity index (χ4v) is 1.54. The lowest BCUT2D eigenvalue weighted by Gasteiger charge is -2.06. The maximum Gasteiger partial charge on any atom is 0.142 e. The van der Waals surface area contributed by atoms with Crippen molar-refractivity contribution in [1.29, 1.82) is 0 Å². The summed E-state index contributed by atoms with van der Waals surface area (Å²) in [4.78, 5) is 0. The number of nitrogens with two attached hydrogens (primary N) is 1. The highest BCUT2D eigenvalue weighted by atomic mass is 16.5. The van der Waals surface area contributed by atoms with Gasteiger partial charge in [-0.15, -0.1) is 0 Å². The van der Waals surface area contributed by atoms with E-state index < -0.39 is 0 Å². The molecule has 0 aromatic heterocycles. The molecule has 0 saturated heterocycles. The fraction of sp³-hybridized carbons (Fsp3) is 0.333. The molecule has 0 bridgehead atoms. The molecule has 1 aromatic carbocycles. The van der Waals surface area contributed by atoms with E-state index in [2.05, 4.69) is 5.32 Å². The Balaban J connectivity index is 2.50. The van der Waals surface area contributed by atoms with Crippen LogP contribution in [-0.2, 0) is 0 Å². The maximum atomic E-state index is 5.85. The number of nitrogens with one attached hydrogen (secondary N) is 1. The number of para-hydroxylation sites is 1. The van der Waals surface area contributed by atoms with Gasteiger partial charge in [0.15, 0.2) is 0 Å². The average Bonchev–Trinajstić information content (AvgIpc) is 2.48. The molecule has 1 aliphatic heterocycles. The Bertz CT molecular complexity index is 299. The quantitative estimate of drug-likeness (QED) is 0.654. The van der Waals surface area contributed by atoms with E-state index in [1.165, 1.54) is 0 Å². The first kappa shape index (κ1) is 7.43. The van der Waals surface area contributed by atoms with E-state index in [1.54, 1.807) is 7.11 Å². The van der Waals surface area contributed by atoms with Crippen molar-refractivity contribution in [3.8, 4) is 5.75 Å². The third-order valence-corrected chi connectivity index (χ3v) is 2.18. The van der Waals surface area contributed by atoms with Crippen LogP contribution in [0.5, 0.6) is 5.75 Å². The van der Waals surface area contributed by atoms with E-state index >= 15 is 0 Å². The molecule has 0 radical (unpaired) electrons. The van der Waals surface area contributed by atoms with Crippen LogP contribution in [-0.4, -0.2) is 13.7 Å². The summed E-state index contributed by atoms with van der Waals surface area (Å²) >= 11 is 0. The van der Waals surface area contributed by atoms with Gasteiger partial charge in [0.25, 0.3) is 0 Å². The van der Waals surface area contributed by atoms with Crippen molar-refractivity contribution >= 4 is 5.69 Å². The summed E-state index contributed by atoms with van der Waals surface area (Å²) in [6, 6.07) is 6.03. The zero-order valence-electron chi connectivity index (χ0n) is 7.00. The van der Waals surface area contributed by atoms with Gasteiger partial charge >= 0.3 is 0 Å². The van der Waals surface area contributed by atoms with E-state index in [9.17, 15) is 0 Å². The zero-order chi connectivity index (χ0) is 8.55. The van der Waals surface area contributed by atoms with Crippen molar-refractivity contribution in [3.63, 3.8) is 0 Å². The van der Waals surface area contributed by atoms with Crippen LogP contribution in [0.2, 0.25) is 0 Å². The Morgan fingerprint density at radius 1 is 1.58 bits per heavy atom. The minimum atomic E-state index is 0.107. The largest absolute Gasteiger partial charge is 0.495 e. The van der Waals surface area contributed by atoms with Gasteiger partial charge in [0.1, 0.15) is 5.75 Å². The van der Waals surface area contributed by atoms with Crippen LogP contribution in [0.25, 0.3) is 0 Å². The lowest BCUT2D eigenvalue weighted by atomic mass is 10.1. The van der Waals surface area contributed by atoms with Gasteiger partial charge in [0.2, 0.25) is 0 Å². The van der Waals surface area contributed by atoms with Gasteiger partial charge < -0.3 is 15.8 Å². The zero-order valence-corrected chi connectivity index (χ0v) is 7.00. The second-order valence-electron chi connectivity index (χ2n) is 2.91. The number of benzene rings is 1. The number of methoxy groups -OCH3 is 1. The molecule has 2 rings (SSSR count). The van der Waals surface area contributed by atoms with Gasteiger partial charge in [-0.25, -0.2) is 0 Å². The van der Waals surface area contributed by atoms with Gasteiger partial charge in [0.05, 0.1) is 12.8 Å². The van der Waals surface area contributed by atoms with Crippen molar-refractivity contribution in [2.24, 2.45) is 5.73 Å². The minimum absolute atomic E-state index is 0.107. The highest BCUT2D eigenvalue weighted by molar-refractivity contribution is 5.66. The maximum absolute atomic E-state index is 5.85. The highest BCUT2D eigenvalue weighted by Crippen LogP contribution is 2.35. The number of hydrogen-bond acceptors (Lipinski definition) is 3. The van der Waals surface area contributed by atoms with Crippen molar-refractivity contribution in [1.82, 2.24) is 0 Å². The van der Waals surface area contributed by atoms with Crippen molar-refractivity contribution in [2.75, 3.05) is 19.0 Å². The average molecular weight is 164 g/mol. The third kappa shape index (κ3) is 0.940. The first-order chi connectivity index (χ1) is 5.83. The first-order valence-corrected chi connectivity index (χ1v) is 3.99. The standard InChI is InChI=1S/C9H12N2O/c1-12-8-4-2-3-6-7(10)5-11-9(6)8/h2-4,7,11H,5,10H2,1H3. The monoisotopic (exact) mass is 164 g/mol.